The van der Waals surface area contributed by atoms with Crippen molar-refractivity contribution in [3.8, 4) is 0 Å². The maximum absolute atomic E-state index is 3.77. The molecule has 1 aromatic rings. The molecule has 0 saturated heterocycles. The smallest absolute Gasteiger partial charge is 0.0497 e. The maximum Gasteiger partial charge on any atom is 0.0497 e. The fourth-order valence-electron chi connectivity index (χ4n) is 0.945. The predicted octanol–water partition coefficient (Wildman–Crippen LogP) is 3.06. The number of para-hydroxylation sites is 1. The molecule has 1 nitrogen and oxygen atoms in total. The summed E-state index contributed by atoms with van der Waals surface area (Å²) in [6, 6.07) is 10.1. The van der Waals surface area contributed by atoms with Gasteiger partial charge in [0.15, 0.2) is 0 Å². The van der Waals surface area contributed by atoms with E-state index in [1.165, 1.54) is 0 Å². The van der Waals surface area contributed by atoms with Gasteiger partial charge in [-0.2, -0.15) is 0 Å². The van der Waals surface area contributed by atoms with E-state index in [2.05, 4.69) is 25.7 Å². The molecule has 64 valence electrons. The van der Waals surface area contributed by atoms with Crippen molar-refractivity contribution in [1.29, 1.82) is 0 Å². The van der Waals surface area contributed by atoms with Gasteiger partial charge in [0.1, 0.15) is 0 Å². The molecule has 1 heteroatoms. The number of hydrogen-bond acceptors (Lipinski definition) is 1. The minimum absolute atomic E-state index is 0.0403. The Bertz CT molecular complexity index is 249. The van der Waals surface area contributed by atoms with Crippen LogP contribution in [0.25, 0.3) is 0 Å². The van der Waals surface area contributed by atoms with Crippen LogP contribution in [-0.4, -0.2) is 5.54 Å². The van der Waals surface area contributed by atoms with Crippen molar-refractivity contribution >= 4 is 5.69 Å². The van der Waals surface area contributed by atoms with E-state index >= 15 is 0 Å². The van der Waals surface area contributed by atoms with Crippen LogP contribution < -0.4 is 5.32 Å². The van der Waals surface area contributed by atoms with Crippen LogP contribution in [0, 0.1) is 0 Å². The molecule has 1 N–H and O–H groups in total. The fraction of sp³-hybridized carbons (Fsp3) is 0.273. The normalized spacial score (nSPS) is 10.8. The lowest BCUT2D eigenvalue weighted by atomic mass is 10.1. The zero-order valence-electron chi connectivity index (χ0n) is 7.67. The van der Waals surface area contributed by atoms with Crippen LogP contribution in [0.15, 0.2) is 43.0 Å². The highest BCUT2D eigenvalue weighted by atomic mass is 14.9. The number of hydrogen-bond donors (Lipinski definition) is 1. The lowest BCUT2D eigenvalue weighted by Gasteiger charge is -2.23. The third-order valence-corrected chi connectivity index (χ3v) is 1.75. The van der Waals surface area contributed by atoms with E-state index in [4.69, 9.17) is 0 Å². The van der Waals surface area contributed by atoms with Crippen molar-refractivity contribution in [2.24, 2.45) is 0 Å². The number of anilines is 1. The van der Waals surface area contributed by atoms with E-state index in [0.717, 1.165) is 5.69 Å². The second-order valence-corrected chi connectivity index (χ2v) is 3.42. The Labute approximate surface area is 74.1 Å². The molecule has 0 saturated carbocycles. The van der Waals surface area contributed by atoms with Gasteiger partial charge in [0.25, 0.3) is 0 Å². The Kier molecular flexibility index (Phi) is 2.54. The van der Waals surface area contributed by atoms with Gasteiger partial charge in [-0.05, 0) is 26.0 Å². The van der Waals surface area contributed by atoms with Crippen molar-refractivity contribution in [3.05, 3.63) is 43.0 Å². The lowest BCUT2D eigenvalue weighted by molar-refractivity contribution is 0.715. The highest BCUT2D eigenvalue weighted by Crippen LogP contribution is 2.14. The average Bonchev–Trinajstić information content (AvgIpc) is 2.06. The minimum atomic E-state index is -0.0403. The van der Waals surface area contributed by atoms with Gasteiger partial charge in [0, 0.05) is 11.2 Å². The predicted molar refractivity (Wildman–Crippen MR) is 54.3 cm³/mol. The van der Waals surface area contributed by atoms with Crippen LogP contribution >= 0.6 is 0 Å². The van der Waals surface area contributed by atoms with E-state index in [1.807, 2.05) is 36.4 Å². The highest BCUT2D eigenvalue weighted by Gasteiger charge is 2.10. The summed E-state index contributed by atoms with van der Waals surface area (Å²) in [5.74, 6) is 0. The van der Waals surface area contributed by atoms with E-state index in [9.17, 15) is 0 Å². The number of nitrogens with one attached hydrogen (secondary N) is 1. The van der Waals surface area contributed by atoms with Crippen molar-refractivity contribution in [2.45, 2.75) is 19.4 Å². The van der Waals surface area contributed by atoms with Gasteiger partial charge in [-0.15, -0.1) is 6.58 Å². The summed E-state index contributed by atoms with van der Waals surface area (Å²) in [6.45, 7) is 7.95. The van der Waals surface area contributed by atoms with Crippen LogP contribution in [0.1, 0.15) is 13.8 Å². The Hall–Kier alpha value is -1.24. The Morgan fingerprint density at radius 1 is 1.25 bits per heavy atom. The quantitative estimate of drug-likeness (QED) is 0.672. The molecule has 1 rings (SSSR count). The molecule has 0 aliphatic carbocycles. The summed E-state index contributed by atoms with van der Waals surface area (Å²) in [7, 11) is 0. The molecule has 0 radical (unpaired) electrons. The number of rotatable bonds is 3. The molecule has 0 aliphatic heterocycles. The first-order valence-electron chi connectivity index (χ1n) is 4.11. The van der Waals surface area contributed by atoms with Crippen LogP contribution in [0.2, 0.25) is 0 Å². The molecule has 0 heterocycles. The third kappa shape index (κ3) is 2.42. The summed E-state index contributed by atoms with van der Waals surface area (Å²) in [6.07, 6.45) is 1.90. The van der Waals surface area contributed by atoms with Crippen LogP contribution in [0.5, 0.6) is 0 Å². The van der Waals surface area contributed by atoms with Gasteiger partial charge >= 0.3 is 0 Å². The second kappa shape index (κ2) is 3.44. The molecule has 12 heavy (non-hydrogen) atoms. The summed E-state index contributed by atoms with van der Waals surface area (Å²) in [5, 5.41) is 3.35. The summed E-state index contributed by atoms with van der Waals surface area (Å²) in [4.78, 5) is 0. The SMILES string of the molecule is C=CC(C)(C)Nc1ccccc1. The lowest BCUT2D eigenvalue weighted by Crippen LogP contribution is -2.27. The zero-order valence-corrected chi connectivity index (χ0v) is 7.67. The number of benzene rings is 1. The monoisotopic (exact) mass is 161 g/mol. The first-order chi connectivity index (χ1) is 5.64. The van der Waals surface area contributed by atoms with Gasteiger partial charge in [-0.3, -0.25) is 0 Å². The second-order valence-electron chi connectivity index (χ2n) is 3.42. The van der Waals surface area contributed by atoms with Gasteiger partial charge in [-0.25, -0.2) is 0 Å². The van der Waals surface area contributed by atoms with Crippen molar-refractivity contribution < 1.29 is 0 Å². The van der Waals surface area contributed by atoms with Gasteiger partial charge in [-0.1, -0.05) is 24.3 Å². The highest BCUT2D eigenvalue weighted by molar-refractivity contribution is 5.45. The van der Waals surface area contributed by atoms with Crippen molar-refractivity contribution in [3.63, 3.8) is 0 Å². The maximum atomic E-state index is 3.77. The third-order valence-electron chi connectivity index (χ3n) is 1.75. The molecular formula is C11H15N. The first kappa shape index (κ1) is 8.85. The van der Waals surface area contributed by atoms with Crippen molar-refractivity contribution in [2.75, 3.05) is 5.32 Å². The topological polar surface area (TPSA) is 12.0 Å². The van der Waals surface area contributed by atoms with Gasteiger partial charge < -0.3 is 5.32 Å². The summed E-state index contributed by atoms with van der Waals surface area (Å²) >= 11 is 0. The molecule has 0 aliphatic rings. The molecule has 0 fully saturated rings. The zero-order chi connectivity index (χ0) is 9.03. The average molecular weight is 161 g/mol. The molecule has 0 unspecified atom stereocenters. The first-order valence-corrected chi connectivity index (χ1v) is 4.11. The molecule has 0 spiro atoms. The molecular weight excluding hydrogens is 146 g/mol. The Morgan fingerprint density at radius 3 is 2.33 bits per heavy atom. The van der Waals surface area contributed by atoms with Crippen LogP contribution in [-0.2, 0) is 0 Å². The fourth-order valence-corrected chi connectivity index (χ4v) is 0.945. The molecule has 0 aromatic heterocycles. The van der Waals surface area contributed by atoms with Gasteiger partial charge in [0.2, 0.25) is 0 Å². The molecule has 0 bridgehead atoms. The Balaban J connectivity index is 2.70. The molecule has 0 atom stereocenters. The summed E-state index contributed by atoms with van der Waals surface area (Å²) in [5.41, 5.74) is 1.09. The molecule has 0 amide bonds. The minimum Gasteiger partial charge on any atom is -0.377 e. The van der Waals surface area contributed by atoms with E-state index in [-0.39, 0.29) is 5.54 Å². The van der Waals surface area contributed by atoms with E-state index in [0.29, 0.717) is 0 Å². The Morgan fingerprint density at radius 2 is 1.83 bits per heavy atom. The standard InChI is InChI=1S/C11H15N/c1-4-11(2,3)12-10-8-6-5-7-9-10/h4-9,12H,1H2,2-3H3. The van der Waals surface area contributed by atoms with E-state index < -0.39 is 0 Å². The molecule has 1 aromatic carbocycles. The largest absolute Gasteiger partial charge is 0.377 e. The van der Waals surface area contributed by atoms with Crippen LogP contribution in [0.4, 0.5) is 5.69 Å². The van der Waals surface area contributed by atoms with Crippen molar-refractivity contribution in [1.82, 2.24) is 0 Å². The van der Waals surface area contributed by atoms with Crippen LogP contribution in [0.3, 0.4) is 0 Å². The summed E-state index contributed by atoms with van der Waals surface area (Å²) < 4.78 is 0. The van der Waals surface area contributed by atoms with Gasteiger partial charge in [0.05, 0.1) is 0 Å². The van der Waals surface area contributed by atoms with E-state index in [1.54, 1.807) is 0 Å².